The van der Waals surface area contributed by atoms with Gasteiger partial charge in [0.05, 0.1) is 6.61 Å². The van der Waals surface area contributed by atoms with Gasteiger partial charge < -0.3 is 15.2 Å². The third-order valence-corrected chi connectivity index (χ3v) is 4.31. The van der Waals surface area contributed by atoms with E-state index in [9.17, 15) is 5.11 Å². The van der Waals surface area contributed by atoms with Gasteiger partial charge in [0.2, 0.25) is 0 Å². The lowest BCUT2D eigenvalue weighted by molar-refractivity contribution is 0.317. The molecule has 0 bridgehead atoms. The van der Waals surface area contributed by atoms with Gasteiger partial charge in [-0.2, -0.15) is 0 Å². The molecule has 0 aliphatic heterocycles. The number of ether oxygens (including phenoxy) is 1. The van der Waals surface area contributed by atoms with Crippen LogP contribution in [0.25, 0.3) is 0 Å². The molecule has 0 fully saturated rings. The van der Waals surface area contributed by atoms with Crippen molar-refractivity contribution in [3.8, 4) is 11.5 Å². The minimum absolute atomic E-state index is 0.192. The molecule has 2 rings (SSSR count). The van der Waals surface area contributed by atoms with Crippen LogP contribution in [0.3, 0.4) is 0 Å². The lowest BCUT2D eigenvalue weighted by Gasteiger charge is -2.13. The molecule has 1 atom stereocenters. The van der Waals surface area contributed by atoms with Gasteiger partial charge in [-0.25, -0.2) is 0 Å². The van der Waals surface area contributed by atoms with Crippen molar-refractivity contribution in [2.24, 2.45) is 0 Å². The first-order valence-electron chi connectivity index (χ1n) is 6.84. The summed E-state index contributed by atoms with van der Waals surface area (Å²) in [4.78, 5) is 2.67. The number of phenolic OH excluding ortho intramolecular Hbond substituents is 1. The van der Waals surface area contributed by atoms with E-state index in [0.29, 0.717) is 18.4 Å². The molecular formula is C16H21NO2S. The van der Waals surface area contributed by atoms with Crippen LogP contribution in [0.5, 0.6) is 11.5 Å². The molecule has 1 heterocycles. The van der Waals surface area contributed by atoms with Crippen LogP contribution in [0.15, 0.2) is 30.3 Å². The largest absolute Gasteiger partial charge is 0.504 e. The van der Waals surface area contributed by atoms with Gasteiger partial charge in [0.25, 0.3) is 0 Å². The zero-order valence-corrected chi connectivity index (χ0v) is 13.0. The van der Waals surface area contributed by atoms with Crippen molar-refractivity contribution in [2.75, 3.05) is 6.61 Å². The van der Waals surface area contributed by atoms with Crippen LogP contribution in [0, 0.1) is 6.92 Å². The Labute approximate surface area is 124 Å². The number of phenols is 1. The van der Waals surface area contributed by atoms with Gasteiger partial charge in [-0.15, -0.1) is 11.3 Å². The summed E-state index contributed by atoms with van der Waals surface area (Å²) in [6, 6.07) is 10.1. The second-order valence-electron chi connectivity index (χ2n) is 4.79. The Kier molecular flexibility index (Phi) is 5.04. The molecule has 1 unspecified atom stereocenters. The molecule has 2 aromatic rings. The molecule has 0 amide bonds. The monoisotopic (exact) mass is 291 g/mol. The van der Waals surface area contributed by atoms with Crippen molar-refractivity contribution >= 4 is 11.3 Å². The predicted octanol–water partition coefficient (Wildman–Crippen LogP) is 4.01. The van der Waals surface area contributed by atoms with Crippen LogP contribution in [0.2, 0.25) is 0 Å². The Balaban J connectivity index is 1.98. The summed E-state index contributed by atoms with van der Waals surface area (Å²) in [5, 5.41) is 13.2. The van der Waals surface area contributed by atoms with E-state index in [0.717, 1.165) is 12.1 Å². The van der Waals surface area contributed by atoms with Gasteiger partial charge in [0.1, 0.15) is 0 Å². The van der Waals surface area contributed by atoms with E-state index < -0.39 is 0 Å². The molecule has 108 valence electrons. The molecule has 4 heteroatoms. The first-order chi connectivity index (χ1) is 9.60. The number of benzene rings is 1. The van der Waals surface area contributed by atoms with Crippen molar-refractivity contribution in [1.29, 1.82) is 0 Å². The average Bonchev–Trinajstić information content (AvgIpc) is 2.86. The minimum atomic E-state index is 0.192. The molecule has 1 aromatic heterocycles. The van der Waals surface area contributed by atoms with E-state index >= 15 is 0 Å². The lowest BCUT2D eigenvalue weighted by atomic mass is 10.2. The van der Waals surface area contributed by atoms with Crippen molar-refractivity contribution in [3.63, 3.8) is 0 Å². The summed E-state index contributed by atoms with van der Waals surface area (Å²) < 4.78 is 5.40. The first kappa shape index (κ1) is 14.9. The van der Waals surface area contributed by atoms with Crippen molar-refractivity contribution in [3.05, 3.63) is 45.6 Å². The lowest BCUT2D eigenvalue weighted by Crippen LogP contribution is -2.17. The fourth-order valence-corrected chi connectivity index (χ4v) is 2.90. The SMILES string of the molecule is CCOc1cc(CNC(C)c2ccc(C)s2)ccc1O. The van der Waals surface area contributed by atoms with Gasteiger partial charge >= 0.3 is 0 Å². The smallest absolute Gasteiger partial charge is 0.161 e. The molecule has 2 N–H and O–H groups in total. The van der Waals surface area contributed by atoms with Crippen LogP contribution in [0.4, 0.5) is 0 Å². The number of hydrogen-bond acceptors (Lipinski definition) is 4. The highest BCUT2D eigenvalue weighted by atomic mass is 32.1. The van der Waals surface area contributed by atoms with E-state index in [1.54, 1.807) is 6.07 Å². The van der Waals surface area contributed by atoms with Crippen LogP contribution in [-0.4, -0.2) is 11.7 Å². The molecule has 0 aliphatic carbocycles. The molecule has 0 spiro atoms. The van der Waals surface area contributed by atoms with E-state index in [1.807, 2.05) is 30.4 Å². The van der Waals surface area contributed by atoms with Gasteiger partial charge in [-0.05, 0) is 50.6 Å². The van der Waals surface area contributed by atoms with Crippen LogP contribution in [0.1, 0.15) is 35.2 Å². The maximum absolute atomic E-state index is 9.68. The van der Waals surface area contributed by atoms with Crippen LogP contribution < -0.4 is 10.1 Å². The Bertz CT molecular complexity index is 565. The average molecular weight is 291 g/mol. The van der Waals surface area contributed by atoms with E-state index in [4.69, 9.17) is 4.74 Å². The number of nitrogens with one attached hydrogen (secondary N) is 1. The number of rotatable bonds is 6. The summed E-state index contributed by atoms with van der Waals surface area (Å²) >= 11 is 1.82. The summed E-state index contributed by atoms with van der Waals surface area (Å²) in [5.41, 5.74) is 1.10. The van der Waals surface area contributed by atoms with Gasteiger partial charge in [0.15, 0.2) is 11.5 Å². The van der Waals surface area contributed by atoms with E-state index in [-0.39, 0.29) is 5.75 Å². The quantitative estimate of drug-likeness (QED) is 0.845. The molecule has 20 heavy (non-hydrogen) atoms. The van der Waals surface area contributed by atoms with Crippen molar-refractivity contribution < 1.29 is 9.84 Å². The summed E-state index contributed by atoms with van der Waals surface area (Å²) in [7, 11) is 0. The zero-order chi connectivity index (χ0) is 14.5. The number of thiophene rings is 1. The number of aromatic hydroxyl groups is 1. The van der Waals surface area contributed by atoms with Crippen molar-refractivity contribution in [2.45, 2.75) is 33.4 Å². The standard InChI is InChI=1S/C16H21NO2S/c1-4-19-15-9-13(6-7-14(15)18)10-17-12(3)16-8-5-11(2)20-16/h5-9,12,17-18H,4,10H2,1-3H3. The fourth-order valence-electron chi connectivity index (χ4n) is 2.00. The second-order valence-corrected chi connectivity index (χ2v) is 6.11. The minimum Gasteiger partial charge on any atom is -0.504 e. The summed E-state index contributed by atoms with van der Waals surface area (Å²) in [6.07, 6.45) is 0. The van der Waals surface area contributed by atoms with E-state index in [1.165, 1.54) is 9.75 Å². The molecule has 0 radical (unpaired) electrons. The van der Waals surface area contributed by atoms with Crippen LogP contribution in [-0.2, 0) is 6.54 Å². The second kappa shape index (κ2) is 6.77. The molecular weight excluding hydrogens is 270 g/mol. The molecule has 0 saturated carbocycles. The summed E-state index contributed by atoms with van der Waals surface area (Å²) in [5.74, 6) is 0.740. The third-order valence-electron chi connectivity index (χ3n) is 3.12. The van der Waals surface area contributed by atoms with Crippen LogP contribution >= 0.6 is 11.3 Å². The Hall–Kier alpha value is -1.52. The molecule has 0 saturated heterocycles. The summed E-state index contributed by atoms with van der Waals surface area (Å²) in [6.45, 7) is 7.49. The predicted molar refractivity (Wildman–Crippen MR) is 83.6 cm³/mol. The van der Waals surface area contributed by atoms with Crippen molar-refractivity contribution in [1.82, 2.24) is 5.32 Å². The maximum atomic E-state index is 9.68. The highest BCUT2D eigenvalue weighted by molar-refractivity contribution is 7.12. The Morgan fingerprint density at radius 1 is 1.30 bits per heavy atom. The fraction of sp³-hybridized carbons (Fsp3) is 0.375. The normalized spacial score (nSPS) is 12.3. The highest BCUT2D eigenvalue weighted by Crippen LogP contribution is 2.27. The number of hydrogen-bond donors (Lipinski definition) is 2. The number of aryl methyl sites for hydroxylation is 1. The zero-order valence-electron chi connectivity index (χ0n) is 12.1. The van der Waals surface area contributed by atoms with Gasteiger partial charge in [-0.3, -0.25) is 0 Å². The molecule has 0 aliphatic rings. The topological polar surface area (TPSA) is 41.5 Å². The highest BCUT2D eigenvalue weighted by Gasteiger charge is 2.08. The molecule has 1 aromatic carbocycles. The first-order valence-corrected chi connectivity index (χ1v) is 7.66. The Morgan fingerprint density at radius 3 is 2.75 bits per heavy atom. The Morgan fingerprint density at radius 2 is 2.10 bits per heavy atom. The van der Waals surface area contributed by atoms with E-state index in [2.05, 4.69) is 31.3 Å². The van der Waals surface area contributed by atoms with Gasteiger partial charge in [0, 0.05) is 22.3 Å². The van der Waals surface area contributed by atoms with Gasteiger partial charge in [-0.1, -0.05) is 6.07 Å². The molecule has 3 nitrogen and oxygen atoms in total. The maximum Gasteiger partial charge on any atom is 0.161 e. The third kappa shape index (κ3) is 3.74.